The van der Waals surface area contributed by atoms with Crippen molar-refractivity contribution in [3.63, 3.8) is 0 Å². The van der Waals surface area contributed by atoms with Crippen LogP contribution in [0.2, 0.25) is 5.02 Å². The van der Waals surface area contributed by atoms with Gasteiger partial charge in [0, 0.05) is 28.0 Å². The number of aryl methyl sites for hydroxylation is 2. The molecular formula is C33H34ClNO2. The van der Waals surface area contributed by atoms with Crippen molar-refractivity contribution in [2.45, 2.75) is 64.7 Å². The number of halogens is 1. The second-order valence-electron chi connectivity index (χ2n) is 10.9. The SMILES string of the molecule is CC(=O)CC1(c2ccc(-c3ccc(-c4onc(C)c4CC(C)CCc4ccc(Cl)cc4)cc3)cc2)CC1. The number of Topliss-reactive ketones (excluding diaryl/α,β-unsaturated/α-hetero) is 1. The molecule has 1 aliphatic rings. The molecule has 4 aromatic rings. The molecule has 1 aliphatic carbocycles. The van der Waals surface area contributed by atoms with E-state index in [1.165, 1.54) is 27.8 Å². The average molecular weight is 512 g/mol. The molecule has 37 heavy (non-hydrogen) atoms. The van der Waals surface area contributed by atoms with E-state index in [1.54, 1.807) is 6.92 Å². The Kier molecular flexibility index (Phi) is 7.35. The van der Waals surface area contributed by atoms with Gasteiger partial charge in [-0.05, 0) is 86.3 Å². The fourth-order valence-corrected chi connectivity index (χ4v) is 5.52. The molecule has 0 aliphatic heterocycles. The van der Waals surface area contributed by atoms with Crippen LogP contribution in [0.15, 0.2) is 77.3 Å². The van der Waals surface area contributed by atoms with Crippen LogP contribution in [0.4, 0.5) is 0 Å². The lowest BCUT2D eigenvalue weighted by atomic mass is 9.89. The number of ketones is 1. The second kappa shape index (κ2) is 10.7. The van der Waals surface area contributed by atoms with Gasteiger partial charge in [0.2, 0.25) is 0 Å². The summed E-state index contributed by atoms with van der Waals surface area (Å²) in [4.78, 5) is 11.7. The van der Waals surface area contributed by atoms with Crippen LogP contribution in [0.1, 0.15) is 61.9 Å². The van der Waals surface area contributed by atoms with Crippen LogP contribution in [0.25, 0.3) is 22.5 Å². The van der Waals surface area contributed by atoms with Crippen LogP contribution < -0.4 is 0 Å². The van der Waals surface area contributed by atoms with E-state index in [0.717, 1.165) is 54.1 Å². The van der Waals surface area contributed by atoms with Gasteiger partial charge in [0.15, 0.2) is 5.76 Å². The Balaban J connectivity index is 1.26. The molecule has 5 rings (SSSR count). The first-order valence-electron chi connectivity index (χ1n) is 13.2. The molecule has 0 spiro atoms. The number of benzene rings is 3. The number of hydrogen-bond donors (Lipinski definition) is 0. The first-order valence-corrected chi connectivity index (χ1v) is 13.6. The van der Waals surface area contributed by atoms with Gasteiger partial charge in [-0.2, -0.15) is 0 Å². The lowest BCUT2D eigenvalue weighted by molar-refractivity contribution is -0.117. The summed E-state index contributed by atoms with van der Waals surface area (Å²) in [5.74, 6) is 1.65. The highest BCUT2D eigenvalue weighted by atomic mass is 35.5. The fraction of sp³-hybridized carbons (Fsp3) is 0.333. The highest BCUT2D eigenvalue weighted by Crippen LogP contribution is 2.51. The zero-order chi connectivity index (χ0) is 26.0. The molecule has 1 atom stereocenters. The normalized spacial score (nSPS) is 14.9. The van der Waals surface area contributed by atoms with Crippen LogP contribution in [0.3, 0.4) is 0 Å². The van der Waals surface area contributed by atoms with E-state index in [-0.39, 0.29) is 11.2 Å². The second-order valence-corrected chi connectivity index (χ2v) is 11.3. The van der Waals surface area contributed by atoms with Gasteiger partial charge in [0.1, 0.15) is 5.78 Å². The Bertz CT molecular complexity index is 1360. The zero-order valence-corrected chi connectivity index (χ0v) is 22.6. The monoisotopic (exact) mass is 511 g/mol. The van der Waals surface area contributed by atoms with Crippen molar-refractivity contribution >= 4 is 17.4 Å². The fourth-order valence-electron chi connectivity index (χ4n) is 5.40. The van der Waals surface area contributed by atoms with Gasteiger partial charge in [0.25, 0.3) is 0 Å². The Morgan fingerprint density at radius 2 is 1.54 bits per heavy atom. The van der Waals surface area contributed by atoms with E-state index in [0.29, 0.717) is 12.3 Å². The van der Waals surface area contributed by atoms with Gasteiger partial charge < -0.3 is 4.52 Å². The number of carbonyl (C=O) groups is 1. The lowest BCUT2D eigenvalue weighted by Crippen LogP contribution is -2.11. The van der Waals surface area contributed by atoms with Crippen LogP contribution in [-0.2, 0) is 23.1 Å². The first-order chi connectivity index (χ1) is 17.8. The molecule has 1 aromatic heterocycles. The van der Waals surface area contributed by atoms with Crippen molar-refractivity contribution in [1.82, 2.24) is 5.16 Å². The molecule has 3 nitrogen and oxygen atoms in total. The Morgan fingerprint density at radius 3 is 2.14 bits per heavy atom. The summed E-state index contributed by atoms with van der Waals surface area (Å²) in [7, 11) is 0. The zero-order valence-electron chi connectivity index (χ0n) is 21.9. The maximum absolute atomic E-state index is 11.7. The molecule has 1 fully saturated rings. The van der Waals surface area contributed by atoms with Gasteiger partial charge in [-0.3, -0.25) is 4.79 Å². The van der Waals surface area contributed by atoms with E-state index < -0.39 is 0 Å². The topological polar surface area (TPSA) is 43.1 Å². The Morgan fingerprint density at radius 1 is 0.946 bits per heavy atom. The minimum absolute atomic E-state index is 0.0840. The molecule has 1 heterocycles. The molecule has 1 saturated carbocycles. The molecule has 0 N–H and O–H groups in total. The molecule has 1 unspecified atom stereocenters. The van der Waals surface area contributed by atoms with Crippen molar-refractivity contribution in [2.75, 3.05) is 0 Å². The van der Waals surface area contributed by atoms with Crippen molar-refractivity contribution < 1.29 is 9.32 Å². The summed E-state index contributed by atoms with van der Waals surface area (Å²) >= 11 is 6.02. The summed E-state index contributed by atoms with van der Waals surface area (Å²) in [5.41, 5.74) is 8.25. The van der Waals surface area contributed by atoms with E-state index in [9.17, 15) is 4.79 Å². The number of carbonyl (C=O) groups excluding carboxylic acids is 1. The molecule has 0 amide bonds. The summed E-state index contributed by atoms with van der Waals surface area (Å²) in [6, 6.07) is 25.4. The molecule has 4 heteroatoms. The average Bonchev–Trinajstić information content (AvgIpc) is 3.59. The van der Waals surface area contributed by atoms with E-state index in [1.807, 2.05) is 19.1 Å². The van der Waals surface area contributed by atoms with Crippen molar-refractivity contribution in [1.29, 1.82) is 0 Å². The van der Waals surface area contributed by atoms with E-state index in [4.69, 9.17) is 16.1 Å². The maximum Gasteiger partial charge on any atom is 0.170 e. The third-order valence-electron chi connectivity index (χ3n) is 7.79. The Hall–Kier alpha value is -3.17. The lowest BCUT2D eigenvalue weighted by Gasteiger charge is -2.14. The van der Waals surface area contributed by atoms with E-state index in [2.05, 4.69) is 72.7 Å². The van der Waals surface area contributed by atoms with Crippen LogP contribution in [-0.4, -0.2) is 10.9 Å². The predicted octanol–water partition coefficient (Wildman–Crippen LogP) is 8.79. The Labute approximate surface area is 224 Å². The van der Waals surface area contributed by atoms with Crippen LogP contribution in [0, 0.1) is 12.8 Å². The smallest absolute Gasteiger partial charge is 0.170 e. The molecule has 190 valence electrons. The third-order valence-corrected chi connectivity index (χ3v) is 8.05. The van der Waals surface area contributed by atoms with Crippen molar-refractivity contribution in [2.24, 2.45) is 5.92 Å². The van der Waals surface area contributed by atoms with Crippen molar-refractivity contribution in [3.8, 4) is 22.5 Å². The molecular weight excluding hydrogens is 478 g/mol. The maximum atomic E-state index is 11.7. The number of hydrogen-bond acceptors (Lipinski definition) is 3. The molecule has 3 aromatic carbocycles. The molecule has 0 radical (unpaired) electrons. The number of rotatable bonds is 10. The largest absolute Gasteiger partial charge is 0.356 e. The van der Waals surface area contributed by atoms with Gasteiger partial charge in [-0.15, -0.1) is 0 Å². The standard InChI is InChI=1S/C33H34ClNO2/c1-22(4-5-25-6-16-30(34)17-7-25)20-31-24(3)35-37-32(31)28-10-8-26(9-11-28)27-12-14-29(15-13-27)33(18-19-33)21-23(2)36/h6-17,22H,4-5,18-21H2,1-3H3. The quantitative estimate of drug-likeness (QED) is 0.213. The molecule has 0 saturated heterocycles. The summed E-state index contributed by atoms with van der Waals surface area (Å²) in [6.45, 7) is 6.02. The summed E-state index contributed by atoms with van der Waals surface area (Å²) in [6.07, 6.45) is 5.93. The minimum Gasteiger partial charge on any atom is -0.356 e. The van der Waals surface area contributed by atoms with Gasteiger partial charge >= 0.3 is 0 Å². The van der Waals surface area contributed by atoms with Crippen LogP contribution >= 0.6 is 11.6 Å². The first kappa shape index (κ1) is 25.5. The summed E-state index contributed by atoms with van der Waals surface area (Å²) < 4.78 is 5.80. The third kappa shape index (κ3) is 5.88. The minimum atomic E-state index is 0.0840. The van der Waals surface area contributed by atoms with Crippen molar-refractivity contribution in [3.05, 3.63) is 100 Å². The highest BCUT2D eigenvalue weighted by molar-refractivity contribution is 6.30. The van der Waals surface area contributed by atoms with Gasteiger partial charge in [-0.25, -0.2) is 0 Å². The van der Waals surface area contributed by atoms with Gasteiger partial charge in [0.05, 0.1) is 5.69 Å². The number of aromatic nitrogens is 1. The molecule has 0 bridgehead atoms. The predicted molar refractivity (Wildman–Crippen MR) is 151 cm³/mol. The van der Waals surface area contributed by atoms with Gasteiger partial charge in [-0.1, -0.05) is 84.3 Å². The summed E-state index contributed by atoms with van der Waals surface area (Å²) in [5, 5.41) is 5.08. The van der Waals surface area contributed by atoms with Crippen LogP contribution in [0.5, 0.6) is 0 Å². The number of nitrogens with zero attached hydrogens (tertiary/aromatic N) is 1. The van der Waals surface area contributed by atoms with E-state index >= 15 is 0 Å². The highest BCUT2D eigenvalue weighted by Gasteiger charge is 2.44.